The molecule has 8 nitrogen and oxygen atoms in total. The number of benzene rings is 2. The summed E-state index contributed by atoms with van der Waals surface area (Å²) in [4.78, 5) is 41.3. The number of nitrogens with zero attached hydrogens (tertiary/aromatic N) is 1. The first-order valence-corrected chi connectivity index (χ1v) is 13.0. The highest BCUT2D eigenvalue weighted by Crippen LogP contribution is 2.33. The molecule has 0 radical (unpaired) electrons. The zero-order chi connectivity index (χ0) is 24.6. The van der Waals surface area contributed by atoms with Crippen LogP contribution in [-0.2, 0) is 16.0 Å². The summed E-state index contributed by atoms with van der Waals surface area (Å²) in [5.41, 5.74) is 2.20. The molecule has 2 heterocycles. The van der Waals surface area contributed by atoms with Crippen LogP contribution in [0.25, 0.3) is 0 Å². The van der Waals surface area contributed by atoms with Crippen molar-refractivity contribution in [2.75, 3.05) is 24.5 Å². The Bertz CT molecular complexity index is 1210. The molecule has 35 heavy (non-hydrogen) atoms. The normalized spacial score (nSPS) is 11.8. The van der Waals surface area contributed by atoms with Crippen molar-refractivity contribution >= 4 is 46.4 Å². The number of ether oxygens (including phenoxy) is 3. The van der Waals surface area contributed by atoms with E-state index in [0.29, 0.717) is 45.0 Å². The average molecular weight is 513 g/mol. The van der Waals surface area contributed by atoms with E-state index in [4.69, 9.17) is 14.2 Å². The molecule has 0 unspecified atom stereocenters. The first-order valence-electron chi connectivity index (χ1n) is 11.1. The van der Waals surface area contributed by atoms with Gasteiger partial charge in [0.15, 0.2) is 21.6 Å². The van der Waals surface area contributed by atoms with E-state index in [1.54, 1.807) is 42.5 Å². The number of nitrogens with one attached hydrogen (secondary N) is 1. The van der Waals surface area contributed by atoms with Crippen LogP contribution in [-0.4, -0.2) is 41.8 Å². The number of amides is 1. The zero-order valence-corrected chi connectivity index (χ0v) is 20.7. The lowest BCUT2D eigenvalue weighted by Gasteiger charge is -2.06. The van der Waals surface area contributed by atoms with E-state index in [1.807, 2.05) is 12.3 Å². The predicted octanol–water partition coefficient (Wildman–Crippen LogP) is 4.98. The van der Waals surface area contributed by atoms with Gasteiger partial charge in [-0.15, -0.1) is 11.3 Å². The van der Waals surface area contributed by atoms with Crippen LogP contribution in [0, 0.1) is 0 Å². The minimum Gasteiger partial charge on any atom is -0.462 e. The van der Waals surface area contributed by atoms with Gasteiger partial charge in [-0.2, -0.15) is 0 Å². The van der Waals surface area contributed by atoms with Gasteiger partial charge in [0.25, 0.3) is 0 Å². The largest absolute Gasteiger partial charge is 0.462 e. The Labute approximate surface area is 211 Å². The van der Waals surface area contributed by atoms with Gasteiger partial charge in [-0.1, -0.05) is 25.1 Å². The summed E-state index contributed by atoms with van der Waals surface area (Å²) in [6.07, 6.45) is 1.89. The van der Waals surface area contributed by atoms with Gasteiger partial charge in [-0.3, -0.25) is 9.59 Å². The number of hydrogen-bond acceptors (Lipinski definition) is 9. The standard InChI is InChI=1S/C25H24N2O6S2/c1-2-3-10-31-24(30)16-4-7-18(8-5-16)26-23(29)12-19-13-34-25(27-19)35-14-20(28)17-6-9-21-22(11-17)33-15-32-21/h4-9,11,13H,2-3,10,12,14-15H2,1H3,(H,26,29). The summed E-state index contributed by atoms with van der Waals surface area (Å²) in [7, 11) is 0. The quantitative estimate of drug-likeness (QED) is 0.166. The predicted molar refractivity (Wildman–Crippen MR) is 134 cm³/mol. The van der Waals surface area contributed by atoms with E-state index in [9.17, 15) is 14.4 Å². The summed E-state index contributed by atoms with van der Waals surface area (Å²) in [5.74, 6) is 0.803. The van der Waals surface area contributed by atoms with Gasteiger partial charge in [0.05, 0.1) is 30.0 Å². The average Bonchev–Trinajstić information content (AvgIpc) is 3.51. The van der Waals surface area contributed by atoms with Gasteiger partial charge in [0.1, 0.15) is 0 Å². The number of thiazole rings is 1. The molecular weight excluding hydrogens is 488 g/mol. The number of ketones is 1. The number of carbonyl (C=O) groups excluding carboxylic acids is 3. The molecule has 2 aromatic carbocycles. The molecule has 0 saturated heterocycles. The van der Waals surface area contributed by atoms with Crippen LogP contribution in [0.1, 0.15) is 46.2 Å². The minimum atomic E-state index is -0.374. The molecule has 1 aliphatic heterocycles. The maximum Gasteiger partial charge on any atom is 0.338 e. The van der Waals surface area contributed by atoms with Crippen molar-refractivity contribution in [2.24, 2.45) is 0 Å². The van der Waals surface area contributed by atoms with Gasteiger partial charge < -0.3 is 19.5 Å². The molecule has 0 aliphatic carbocycles. The molecule has 1 amide bonds. The number of esters is 1. The van der Waals surface area contributed by atoms with Crippen LogP contribution in [0.4, 0.5) is 5.69 Å². The number of Topliss-reactive ketones (excluding diaryl/α,β-unsaturated/α-hetero) is 1. The second-order valence-corrected chi connectivity index (χ2v) is 9.76. The first kappa shape index (κ1) is 24.7. The third kappa shape index (κ3) is 6.83. The number of carbonyl (C=O) groups is 3. The summed E-state index contributed by atoms with van der Waals surface area (Å²) in [6, 6.07) is 11.7. The van der Waals surface area contributed by atoms with Crippen molar-refractivity contribution in [3.8, 4) is 11.5 Å². The second kappa shape index (κ2) is 11.9. The van der Waals surface area contributed by atoms with Gasteiger partial charge in [-0.05, 0) is 48.9 Å². The summed E-state index contributed by atoms with van der Waals surface area (Å²) in [5, 5.41) is 4.61. The fourth-order valence-corrected chi connectivity index (χ4v) is 4.91. The molecule has 4 rings (SSSR count). The fraction of sp³-hybridized carbons (Fsp3) is 0.280. The lowest BCUT2D eigenvalue weighted by atomic mass is 10.1. The number of fused-ring (bicyclic) bond motifs is 1. The van der Waals surface area contributed by atoms with Crippen molar-refractivity contribution in [2.45, 2.75) is 30.5 Å². The van der Waals surface area contributed by atoms with Crippen LogP contribution < -0.4 is 14.8 Å². The van der Waals surface area contributed by atoms with E-state index in [-0.39, 0.29) is 36.6 Å². The van der Waals surface area contributed by atoms with Crippen LogP contribution in [0.2, 0.25) is 0 Å². The van der Waals surface area contributed by atoms with Crippen LogP contribution in [0.3, 0.4) is 0 Å². The Kier molecular flexibility index (Phi) is 8.38. The molecule has 1 aromatic heterocycles. The van der Waals surface area contributed by atoms with Crippen molar-refractivity contribution in [1.29, 1.82) is 0 Å². The smallest absolute Gasteiger partial charge is 0.338 e. The first-order chi connectivity index (χ1) is 17.0. The van der Waals surface area contributed by atoms with E-state index >= 15 is 0 Å². The molecule has 0 bridgehead atoms. The summed E-state index contributed by atoms with van der Waals surface area (Å²) >= 11 is 2.72. The third-order valence-electron chi connectivity index (χ3n) is 5.03. The SMILES string of the molecule is CCCCOC(=O)c1ccc(NC(=O)Cc2csc(SCC(=O)c3ccc4c(c3)OCO4)n2)cc1. The molecule has 0 spiro atoms. The van der Waals surface area contributed by atoms with Crippen molar-refractivity contribution in [3.63, 3.8) is 0 Å². The van der Waals surface area contributed by atoms with Crippen molar-refractivity contribution in [3.05, 3.63) is 64.7 Å². The van der Waals surface area contributed by atoms with Gasteiger partial charge in [0.2, 0.25) is 12.7 Å². The molecule has 0 atom stereocenters. The van der Waals surface area contributed by atoms with Crippen LogP contribution >= 0.6 is 23.1 Å². The highest BCUT2D eigenvalue weighted by atomic mass is 32.2. The van der Waals surface area contributed by atoms with Crippen molar-refractivity contribution in [1.82, 2.24) is 4.98 Å². The second-order valence-electron chi connectivity index (χ2n) is 7.68. The number of thioether (sulfide) groups is 1. The Morgan fingerprint density at radius 2 is 1.86 bits per heavy atom. The lowest BCUT2D eigenvalue weighted by molar-refractivity contribution is -0.115. The molecule has 0 fully saturated rings. The Morgan fingerprint density at radius 1 is 1.09 bits per heavy atom. The number of aromatic nitrogens is 1. The fourth-order valence-electron chi connectivity index (χ4n) is 3.17. The Morgan fingerprint density at radius 3 is 2.66 bits per heavy atom. The maximum absolute atomic E-state index is 12.5. The van der Waals surface area contributed by atoms with Gasteiger partial charge >= 0.3 is 5.97 Å². The van der Waals surface area contributed by atoms with Crippen LogP contribution in [0.15, 0.2) is 52.2 Å². The van der Waals surface area contributed by atoms with Gasteiger partial charge in [-0.25, -0.2) is 9.78 Å². The van der Waals surface area contributed by atoms with E-state index in [1.165, 1.54) is 23.1 Å². The van der Waals surface area contributed by atoms with E-state index in [2.05, 4.69) is 10.3 Å². The number of anilines is 1. The van der Waals surface area contributed by atoms with E-state index in [0.717, 1.165) is 12.8 Å². The summed E-state index contributed by atoms with van der Waals surface area (Å²) in [6.45, 7) is 2.59. The van der Waals surface area contributed by atoms with Crippen LogP contribution in [0.5, 0.6) is 11.5 Å². The topological polar surface area (TPSA) is 104 Å². The monoisotopic (exact) mass is 512 g/mol. The Balaban J connectivity index is 1.23. The molecule has 1 aliphatic rings. The molecule has 10 heteroatoms. The summed E-state index contributed by atoms with van der Waals surface area (Å²) < 4.78 is 16.5. The third-order valence-corrected chi connectivity index (χ3v) is 7.10. The molecule has 0 saturated carbocycles. The molecular formula is C25H24N2O6S2. The van der Waals surface area contributed by atoms with Crippen molar-refractivity contribution < 1.29 is 28.6 Å². The highest BCUT2D eigenvalue weighted by Gasteiger charge is 2.17. The molecule has 3 aromatic rings. The highest BCUT2D eigenvalue weighted by molar-refractivity contribution is 8.01. The van der Waals surface area contributed by atoms with Gasteiger partial charge in [0, 0.05) is 16.6 Å². The number of hydrogen-bond donors (Lipinski definition) is 1. The minimum absolute atomic E-state index is 0.0412. The number of rotatable bonds is 11. The molecule has 1 N–H and O–H groups in total. The maximum atomic E-state index is 12.5. The van der Waals surface area contributed by atoms with E-state index < -0.39 is 0 Å². The lowest BCUT2D eigenvalue weighted by Crippen LogP contribution is -2.14. The Hall–Kier alpha value is -3.37. The zero-order valence-electron chi connectivity index (χ0n) is 19.1. The number of unbranched alkanes of at least 4 members (excludes halogenated alkanes) is 1. The molecule has 182 valence electrons.